The summed E-state index contributed by atoms with van der Waals surface area (Å²) in [5.41, 5.74) is 1.46. The lowest BCUT2D eigenvalue weighted by Gasteiger charge is -2.20. The number of hydrogen-bond acceptors (Lipinski definition) is 5. The van der Waals surface area contributed by atoms with Crippen molar-refractivity contribution < 1.29 is 22.7 Å². The van der Waals surface area contributed by atoms with Crippen LogP contribution in [0.4, 0.5) is 0 Å². The predicted octanol–water partition coefficient (Wildman–Crippen LogP) is 2.31. The number of carbonyl (C=O) groups is 2. The minimum absolute atomic E-state index is 0.132. The molecule has 0 aliphatic rings. The van der Waals surface area contributed by atoms with Crippen molar-refractivity contribution in [3.05, 3.63) is 52.8 Å². The van der Waals surface area contributed by atoms with Gasteiger partial charge in [0.15, 0.2) is 5.78 Å². The third kappa shape index (κ3) is 3.71. The van der Waals surface area contributed by atoms with Gasteiger partial charge in [-0.25, -0.2) is 13.2 Å². The van der Waals surface area contributed by atoms with Crippen molar-refractivity contribution in [2.24, 2.45) is 0 Å². The minimum atomic E-state index is -3.78. The highest BCUT2D eigenvalue weighted by molar-refractivity contribution is 7.89. The molecule has 0 saturated heterocycles. The first kappa shape index (κ1) is 19.9. The van der Waals surface area contributed by atoms with Gasteiger partial charge in [-0.2, -0.15) is 4.31 Å². The molecule has 2 rings (SSSR count). The van der Waals surface area contributed by atoms with E-state index in [1.807, 2.05) is 0 Å². The van der Waals surface area contributed by atoms with Gasteiger partial charge in [-0.3, -0.25) is 4.79 Å². The van der Waals surface area contributed by atoms with Crippen molar-refractivity contribution in [2.75, 3.05) is 20.2 Å². The zero-order valence-corrected chi connectivity index (χ0v) is 16.0. The van der Waals surface area contributed by atoms with Crippen LogP contribution in [0.2, 0.25) is 0 Å². The maximum absolute atomic E-state index is 12.8. The van der Waals surface area contributed by atoms with Gasteiger partial charge in [0.1, 0.15) is 5.69 Å². The van der Waals surface area contributed by atoms with E-state index < -0.39 is 16.0 Å². The number of methoxy groups -OCH3 is 1. The van der Waals surface area contributed by atoms with E-state index in [0.29, 0.717) is 16.8 Å². The number of hydrogen-bond donors (Lipinski definition) is 1. The van der Waals surface area contributed by atoms with E-state index in [4.69, 9.17) is 4.74 Å². The van der Waals surface area contributed by atoms with Crippen LogP contribution < -0.4 is 0 Å². The third-order valence-electron chi connectivity index (χ3n) is 4.16. The monoisotopic (exact) mass is 378 g/mol. The highest BCUT2D eigenvalue weighted by Gasteiger charge is 2.28. The summed E-state index contributed by atoms with van der Waals surface area (Å²) in [6.45, 7) is 4.80. The molecule has 0 aliphatic heterocycles. The summed E-state index contributed by atoms with van der Waals surface area (Å²) in [5.74, 6) is -0.957. The van der Waals surface area contributed by atoms with Crippen LogP contribution in [0, 0.1) is 13.8 Å². The Labute approximate surface area is 153 Å². The number of benzene rings is 1. The van der Waals surface area contributed by atoms with Gasteiger partial charge in [-0.05, 0) is 31.5 Å². The summed E-state index contributed by atoms with van der Waals surface area (Å²) in [7, 11) is -2.53. The Balaban J connectivity index is 2.34. The number of likely N-dealkylation sites (N-methyl/N-ethyl adjacent to an activating group) is 1. The summed E-state index contributed by atoms with van der Waals surface area (Å²) in [4.78, 5) is 27.5. The Kier molecular flexibility index (Phi) is 5.99. The fraction of sp³-hybridized carbons (Fsp3) is 0.333. The zero-order valence-electron chi connectivity index (χ0n) is 15.2. The van der Waals surface area contributed by atoms with Gasteiger partial charge >= 0.3 is 5.97 Å². The average Bonchev–Trinajstić information content (AvgIpc) is 2.93. The maximum atomic E-state index is 12.8. The molecule has 8 heteroatoms. The number of ketones is 1. The van der Waals surface area contributed by atoms with Crippen molar-refractivity contribution >= 4 is 21.8 Å². The molecule has 0 fully saturated rings. The van der Waals surface area contributed by atoms with E-state index in [2.05, 4.69) is 4.98 Å². The molecular weight excluding hydrogens is 356 g/mol. The lowest BCUT2D eigenvalue weighted by molar-refractivity contribution is 0.0594. The van der Waals surface area contributed by atoms with Gasteiger partial charge in [0.2, 0.25) is 10.0 Å². The Morgan fingerprint density at radius 2 is 1.77 bits per heavy atom. The third-order valence-corrected chi connectivity index (χ3v) is 6.09. The van der Waals surface area contributed by atoms with Crippen LogP contribution in [0.1, 0.15) is 39.0 Å². The van der Waals surface area contributed by atoms with Crippen LogP contribution in [0.25, 0.3) is 0 Å². The number of nitrogens with one attached hydrogen (secondary N) is 1. The molecule has 1 aromatic heterocycles. The molecule has 0 amide bonds. The summed E-state index contributed by atoms with van der Waals surface area (Å²) in [6.07, 6.45) is 0. The second-order valence-electron chi connectivity index (χ2n) is 5.78. The molecule has 1 aromatic carbocycles. The molecule has 0 saturated carbocycles. The Hall–Kier alpha value is -2.45. The first-order chi connectivity index (χ1) is 12.2. The number of ether oxygens (including phenoxy) is 1. The lowest BCUT2D eigenvalue weighted by atomic mass is 10.1. The van der Waals surface area contributed by atoms with Crippen LogP contribution in [-0.2, 0) is 14.8 Å². The molecule has 0 aliphatic carbocycles. The summed E-state index contributed by atoms with van der Waals surface area (Å²) in [5, 5.41) is 0. The Bertz CT molecular complexity index is 917. The van der Waals surface area contributed by atoms with Crippen molar-refractivity contribution in [1.29, 1.82) is 0 Å². The Morgan fingerprint density at radius 3 is 2.31 bits per heavy atom. The number of nitrogens with zero attached hydrogens (tertiary/aromatic N) is 1. The molecule has 26 heavy (non-hydrogen) atoms. The highest BCUT2D eigenvalue weighted by Crippen LogP contribution is 2.21. The van der Waals surface area contributed by atoms with Crippen LogP contribution in [-0.4, -0.2) is 49.7 Å². The van der Waals surface area contributed by atoms with E-state index in [0.717, 1.165) is 4.31 Å². The molecule has 0 spiro atoms. The smallest absolute Gasteiger partial charge is 0.354 e. The molecule has 0 radical (unpaired) electrons. The first-order valence-corrected chi connectivity index (χ1v) is 9.53. The number of rotatable bonds is 7. The second-order valence-corrected chi connectivity index (χ2v) is 7.72. The second kappa shape index (κ2) is 7.84. The molecule has 0 unspecified atom stereocenters. The number of aromatic nitrogens is 1. The SMILES string of the molecule is CCN(CC(=O)c1c(C)[nH]c(C(=O)OC)c1C)S(=O)(=O)c1ccccc1. The van der Waals surface area contributed by atoms with Gasteiger partial charge in [0, 0.05) is 17.8 Å². The topological polar surface area (TPSA) is 96.5 Å². The van der Waals surface area contributed by atoms with Gasteiger partial charge < -0.3 is 9.72 Å². The van der Waals surface area contributed by atoms with Gasteiger partial charge in [0.25, 0.3) is 0 Å². The molecular formula is C18H22N2O5S. The van der Waals surface area contributed by atoms with Crippen LogP contribution in [0.5, 0.6) is 0 Å². The predicted molar refractivity (Wildman–Crippen MR) is 96.8 cm³/mol. The number of Topliss-reactive ketones (excluding diaryl/α,β-unsaturated/α-hetero) is 1. The summed E-state index contributed by atoms with van der Waals surface area (Å²) in [6, 6.07) is 7.97. The molecule has 140 valence electrons. The standard InChI is InChI=1S/C18H22N2O5S/c1-5-20(26(23,24)14-9-7-6-8-10-14)11-15(21)16-12(2)17(18(22)25-4)19-13(16)3/h6-10,19H,5,11H2,1-4H3. The van der Waals surface area contributed by atoms with E-state index in [9.17, 15) is 18.0 Å². The normalized spacial score (nSPS) is 11.6. The highest BCUT2D eigenvalue weighted by atomic mass is 32.2. The van der Waals surface area contributed by atoms with Crippen LogP contribution in [0.3, 0.4) is 0 Å². The number of aryl methyl sites for hydroxylation is 1. The number of H-pyrrole nitrogens is 1. The fourth-order valence-electron chi connectivity index (χ4n) is 2.82. The summed E-state index contributed by atoms with van der Waals surface area (Å²) >= 11 is 0. The quantitative estimate of drug-likeness (QED) is 0.589. The van der Waals surface area contributed by atoms with E-state index in [1.165, 1.54) is 19.2 Å². The molecule has 1 heterocycles. The van der Waals surface area contributed by atoms with E-state index in [1.54, 1.807) is 39.0 Å². The fourth-order valence-corrected chi connectivity index (χ4v) is 4.25. The average molecular weight is 378 g/mol. The van der Waals surface area contributed by atoms with Crippen molar-refractivity contribution in [1.82, 2.24) is 9.29 Å². The van der Waals surface area contributed by atoms with E-state index >= 15 is 0 Å². The first-order valence-electron chi connectivity index (χ1n) is 8.09. The lowest BCUT2D eigenvalue weighted by Crippen LogP contribution is -2.35. The van der Waals surface area contributed by atoms with Crippen molar-refractivity contribution in [3.63, 3.8) is 0 Å². The Morgan fingerprint density at radius 1 is 1.15 bits per heavy atom. The van der Waals surface area contributed by atoms with Gasteiger partial charge in [-0.15, -0.1) is 0 Å². The molecule has 0 bridgehead atoms. The van der Waals surface area contributed by atoms with Crippen LogP contribution in [0.15, 0.2) is 35.2 Å². The molecule has 2 aromatic rings. The number of aromatic amines is 1. The molecule has 7 nitrogen and oxygen atoms in total. The van der Waals surface area contributed by atoms with E-state index in [-0.39, 0.29) is 29.5 Å². The summed E-state index contributed by atoms with van der Waals surface area (Å²) < 4.78 is 31.3. The largest absolute Gasteiger partial charge is 0.464 e. The maximum Gasteiger partial charge on any atom is 0.354 e. The number of esters is 1. The molecule has 1 N–H and O–H groups in total. The molecule has 0 atom stereocenters. The van der Waals surface area contributed by atoms with Crippen molar-refractivity contribution in [3.8, 4) is 0 Å². The van der Waals surface area contributed by atoms with Gasteiger partial charge in [-0.1, -0.05) is 25.1 Å². The van der Waals surface area contributed by atoms with Crippen molar-refractivity contribution in [2.45, 2.75) is 25.7 Å². The number of carbonyl (C=O) groups excluding carboxylic acids is 2. The van der Waals surface area contributed by atoms with Gasteiger partial charge in [0.05, 0.1) is 18.6 Å². The zero-order chi connectivity index (χ0) is 19.5. The minimum Gasteiger partial charge on any atom is -0.464 e. The number of sulfonamides is 1. The van der Waals surface area contributed by atoms with Crippen LogP contribution >= 0.6 is 0 Å².